The number of amides is 1. The van der Waals surface area contributed by atoms with Crippen LogP contribution < -0.4 is 0 Å². The molecule has 2 aromatic carbocycles. The van der Waals surface area contributed by atoms with E-state index in [1.54, 1.807) is 29.2 Å². The molecule has 1 aliphatic rings. The molecule has 4 nitrogen and oxygen atoms in total. The third-order valence-electron chi connectivity index (χ3n) is 4.41. The molecule has 124 valence electrons. The third kappa shape index (κ3) is 2.80. The van der Waals surface area contributed by atoms with E-state index < -0.39 is 17.9 Å². The average molecular weight is 323 g/mol. The van der Waals surface area contributed by atoms with Crippen molar-refractivity contribution in [2.75, 3.05) is 6.54 Å². The molecule has 0 radical (unpaired) electrons. The standard InChI is InChI=1S/C20H21NO3/c1-13(2)12-21-18(14-8-4-3-5-9-14)17(20(23)24)15-10-6-7-11-16(15)19(21)22/h3-11,13,17-18H,12H2,1-2H3,(H,23,24). The number of hydrogen-bond acceptors (Lipinski definition) is 2. The van der Waals surface area contributed by atoms with Crippen molar-refractivity contribution in [1.29, 1.82) is 0 Å². The maximum Gasteiger partial charge on any atom is 0.313 e. The van der Waals surface area contributed by atoms with E-state index in [2.05, 4.69) is 0 Å². The van der Waals surface area contributed by atoms with Crippen LogP contribution in [0.15, 0.2) is 54.6 Å². The van der Waals surface area contributed by atoms with Crippen molar-refractivity contribution in [3.05, 3.63) is 71.3 Å². The maximum absolute atomic E-state index is 13.0. The molecule has 1 amide bonds. The van der Waals surface area contributed by atoms with Crippen LogP contribution in [0.2, 0.25) is 0 Å². The SMILES string of the molecule is CC(C)CN1C(=O)c2ccccc2C(C(=O)O)C1c1ccccc1. The van der Waals surface area contributed by atoms with Gasteiger partial charge in [0, 0.05) is 12.1 Å². The Morgan fingerprint density at radius 3 is 2.33 bits per heavy atom. The number of rotatable bonds is 4. The van der Waals surface area contributed by atoms with E-state index in [-0.39, 0.29) is 11.8 Å². The molecule has 0 spiro atoms. The molecule has 2 atom stereocenters. The van der Waals surface area contributed by atoms with Gasteiger partial charge in [-0.15, -0.1) is 0 Å². The molecule has 1 aliphatic heterocycles. The number of benzene rings is 2. The predicted octanol–water partition coefficient (Wildman–Crippen LogP) is 3.71. The van der Waals surface area contributed by atoms with E-state index in [9.17, 15) is 14.7 Å². The number of nitrogens with zero attached hydrogens (tertiary/aromatic N) is 1. The molecular weight excluding hydrogens is 302 g/mol. The molecular formula is C20H21NO3. The van der Waals surface area contributed by atoms with E-state index in [1.165, 1.54) is 0 Å². The Morgan fingerprint density at radius 2 is 1.71 bits per heavy atom. The molecule has 0 saturated heterocycles. The van der Waals surface area contributed by atoms with Crippen molar-refractivity contribution in [3.8, 4) is 0 Å². The topological polar surface area (TPSA) is 57.6 Å². The van der Waals surface area contributed by atoms with Gasteiger partial charge in [-0.3, -0.25) is 9.59 Å². The molecule has 1 N–H and O–H groups in total. The summed E-state index contributed by atoms with van der Waals surface area (Å²) in [7, 11) is 0. The minimum atomic E-state index is -0.905. The van der Waals surface area contributed by atoms with E-state index in [0.717, 1.165) is 5.56 Å². The van der Waals surface area contributed by atoms with Gasteiger partial charge in [0.05, 0.1) is 6.04 Å². The van der Waals surface area contributed by atoms with Crippen molar-refractivity contribution in [3.63, 3.8) is 0 Å². The summed E-state index contributed by atoms with van der Waals surface area (Å²) in [6, 6.07) is 16.0. The Kier molecular flexibility index (Phi) is 4.38. The number of carbonyl (C=O) groups excluding carboxylic acids is 1. The van der Waals surface area contributed by atoms with Gasteiger partial charge in [0.2, 0.25) is 0 Å². The lowest BCUT2D eigenvalue weighted by Crippen LogP contribution is -2.46. The average Bonchev–Trinajstić information content (AvgIpc) is 2.57. The lowest BCUT2D eigenvalue weighted by atomic mass is 9.79. The highest BCUT2D eigenvalue weighted by Gasteiger charge is 2.44. The Hall–Kier alpha value is -2.62. The predicted molar refractivity (Wildman–Crippen MR) is 91.9 cm³/mol. The van der Waals surface area contributed by atoms with Crippen LogP contribution >= 0.6 is 0 Å². The van der Waals surface area contributed by atoms with Gasteiger partial charge in [0.15, 0.2) is 0 Å². The first kappa shape index (κ1) is 16.2. The van der Waals surface area contributed by atoms with Crippen LogP contribution in [0.1, 0.15) is 47.3 Å². The van der Waals surface area contributed by atoms with Crippen LogP contribution in [0.4, 0.5) is 0 Å². The maximum atomic E-state index is 13.0. The first-order chi connectivity index (χ1) is 11.5. The quantitative estimate of drug-likeness (QED) is 0.933. The highest BCUT2D eigenvalue weighted by atomic mass is 16.4. The van der Waals surface area contributed by atoms with Crippen LogP contribution in [-0.2, 0) is 4.79 Å². The molecule has 0 aromatic heterocycles. The Bertz CT molecular complexity index is 754. The van der Waals surface area contributed by atoms with Crippen LogP contribution in [0.5, 0.6) is 0 Å². The van der Waals surface area contributed by atoms with Crippen molar-refractivity contribution in [1.82, 2.24) is 4.90 Å². The second kappa shape index (κ2) is 6.48. The molecule has 0 aliphatic carbocycles. The fourth-order valence-electron chi connectivity index (χ4n) is 3.47. The molecule has 2 aromatic rings. The summed E-state index contributed by atoms with van der Waals surface area (Å²) in [6.07, 6.45) is 0. The zero-order valence-corrected chi connectivity index (χ0v) is 13.8. The number of hydrogen-bond donors (Lipinski definition) is 1. The molecule has 0 fully saturated rings. The van der Waals surface area contributed by atoms with Crippen molar-refractivity contribution in [2.24, 2.45) is 5.92 Å². The fourth-order valence-corrected chi connectivity index (χ4v) is 3.47. The molecule has 3 rings (SSSR count). The summed E-state index contributed by atoms with van der Waals surface area (Å²) < 4.78 is 0. The number of carboxylic acids is 1. The third-order valence-corrected chi connectivity index (χ3v) is 4.41. The first-order valence-corrected chi connectivity index (χ1v) is 8.18. The van der Waals surface area contributed by atoms with Gasteiger partial charge in [-0.25, -0.2) is 0 Å². The first-order valence-electron chi connectivity index (χ1n) is 8.18. The summed E-state index contributed by atoms with van der Waals surface area (Å²) >= 11 is 0. The van der Waals surface area contributed by atoms with E-state index >= 15 is 0 Å². The second-order valence-electron chi connectivity index (χ2n) is 6.61. The Morgan fingerprint density at radius 1 is 1.08 bits per heavy atom. The number of carbonyl (C=O) groups is 2. The second-order valence-corrected chi connectivity index (χ2v) is 6.61. The van der Waals surface area contributed by atoms with Gasteiger partial charge >= 0.3 is 5.97 Å². The lowest BCUT2D eigenvalue weighted by Gasteiger charge is -2.41. The summed E-state index contributed by atoms with van der Waals surface area (Å²) in [6.45, 7) is 4.59. The van der Waals surface area contributed by atoms with Gasteiger partial charge in [-0.2, -0.15) is 0 Å². The minimum absolute atomic E-state index is 0.0920. The smallest absolute Gasteiger partial charge is 0.313 e. The molecule has 2 unspecified atom stereocenters. The van der Waals surface area contributed by atoms with Gasteiger partial charge in [-0.05, 0) is 23.1 Å². The minimum Gasteiger partial charge on any atom is -0.481 e. The molecule has 0 bridgehead atoms. The van der Waals surface area contributed by atoms with Crippen LogP contribution in [-0.4, -0.2) is 28.4 Å². The number of aliphatic carboxylic acids is 1. The lowest BCUT2D eigenvalue weighted by molar-refractivity contribution is -0.140. The molecule has 4 heteroatoms. The summed E-state index contributed by atoms with van der Waals surface area (Å²) in [5.41, 5.74) is 1.95. The van der Waals surface area contributed by atoms with Crippen molar-refractivity contribution in [2.45, 2.75) is 25.8 Å². The van der Waals surface area contributed by atoms with Gasteiger partial charge in [0.1, 0.15) is 5.92 Å². The summed E-state index contributed by atoms with van der Waals surface area (Å²) in [4.78, 5) is 26.9. The van der Waals surface area contributed by atoms with E-state index in [0.29, 0.717) is 17.7 Å². The Labute approximate surface area is 141 Å². The van der Waals surface area contributed by atoms with Gasteiger partial charge < -0.3 is 10.0 Å². The summed E-state index contributed by atoms with van der Waals surface area (Å²) in [5, 5.41) is 9.92. The van der Waals surface area contributed by atoms with Crippen LogP contribution in [0.25, 0.3) is 0 Å². The monoisotopic (exact) mass is 323 g/mol. The highest BCUT2D eigenvalue weighted by molar-refractivity contribution is 6.00. The fraction of sp³-hybridized carbons (Fsp3) is 0.300. The number of carboxylic acid groups (broad SMARTS) is 1. The van der Waals surface area contributed by atoms with E-state index in [1.807, 2.05) is 44.2 Å². The largest absolute Gasteiger partial charge is 0.481 e. The zero-order valence-electron chi connectivity index (χ0n) is 13.8. The zero-order chi connectivity index (χ0) is 17.3. The Balaban J connectivity index is 2.20. The number of fused-ring (bicyclic) bond motifs is 1. The van der Waals surface area contributed by atoms with Gasteiger partial charge in [0.25, 0.3) is 5.91 Å². The normalized spacial score (nSPS) is 20.1. The van der Waals surface area contributed by atoms with Gasteiger partial charge in [-0.1, -0.05) is 62.4 Å². The summed E-state index contributed by atoms with van der Waals surface area (Å²) in [5.74, 6) is -1.51. The van der Waals surface area contributed by atoms with Crippen molar-refractivity contribution >= 4 is 11.9 Å². The van der Waals surface area contributed by atoms with Crippen molar-refractivity contribution < 1.29 is 14.7 Å². The molecule has 24 heavy (non-hydrogen) atoms. The van der Waals surface area contributed by atoms with Crippen LogP contribution in [0, 0.1) is 5.92 Å². The molecule has 0 saturated carbocycles. The van der Waals surface area contributed by atoms with Crippen LogP contribution in [0.3, 0.4) is 0 Å². The molecule has 1 heterocycles. The highest BCUT2D eigenvalue weighted by Crippen LogP contribution is 2.43. The van der Waals surface area contributed by atoms with E-state index in [4.69, 9.17) is 0 Å².